The van der Waals surface area contributed by atoms with E-state index in [-0.39, 0.29) is 0 Å². The Hall–Kier alpha value is -0.151. The SMILES string of the molecule is CCC[CH2][SnH]([CH2]CCC)[CH2]CCC.Clc1cc2ccccc2o1. The van der Waals surface area contributed by atoms with Crippen LogP contribution in [-0.4, -0.2) is 19.8 Å². The molecule has 0 radical (unpaired) electrons. The third-order valence-electron chi connectivity index (χ3n) is 4.29. The van der Waals surface area contributed by atoms with E-state index in [4.69, 9.17) is 16.0 Å². The molecular formula is C20H33ClOSn. The van der Waals surface area contributed by atoms with Gasteiger partial charge in [-0.3, -0.25) is 0 Å². The number of unbranched alkanes of at least 4 members (excludes halogenated alkanes) is 3. The fraction of sp³-hybridized carbons (Fsp3) is 0.600. The molecule has 0 atom stereocenters. The van der Waals surface area contributed by atoms with Crippen LogP contribution in [0, 0.1) is 0 Å². The Morgan fingerprint density at radius 2 is 1.39 bits per heavy atom. The van der Waals surface area contributed by atoms with Gasteiger partial charge in [0.2, 0.25) is 0 Å². The Bertz CT molecular complexity index is 471. The van der Waals surface area contributed by atoms with Gasteiger partial charge in [0, 0.05) is 11.5 Å². The maximum Gasteiger partial charge on any atom is 0.194 e. The van der Waals surface area contributed by atoms with E-state index in [0.717, 1.165) is 11.0 Å². The first-order chi connectivity index (χ1) is 11.2. The van der Waals surface area contributed by atoms with Crippen LogP contribution in [0.15, 0.2) is 34.7 Å². The van der Waals surface area contributed by atoms with Crippen LogP contribution in [0.5, 0.6) is 0 Å². The van der Waals surface area contributed by atoms with Gasteiger partial charge in [0.05, 0.1) is 0 Å². The van der Waals surface area contributed by atoms with Crippen molar-refractivity contribution in [3.63, 3.8) is 0 Å². The molecule has 0 saturated heterocycles. The van der Waals surface area contributed by atoms with Crippen LogP contribution < -0.4 is 0 Å². The third-order valence-corrected chi connectivity index (χ3v) is 15.0. The first-order valence-electron chi connectivity index (χ1n) is 9.35. The predicted octanol–water partition coefficient (Wildman–Crippen LogP) is 7.70. The topological polar surface area (TPSA) is 13.1 Å². The number of halogens is 1. The molecule has 0 aliphatic heterocycles. The molecule has 0 fully saturated rings. The van der Waals surface area contributed by atoms with Crippen LogP contribution in [0.1, 0.15) is 59.3 Å². The second-order valence-electron chi connectivity index (χ2n) is 6.38. The van der Waals surface area contributed by atoms with Crippen LogP contribution >= 0.6 is 11.6 Å². The van der Waals surface area contributed by atoms with Gasteiger partial charge >= 0.3 is 92.4 Å². The van der Waals surface area contributed by atoms with Gasteiger partial charge in [-0.1, -0.05) is 18.2 Å². The Kier molecular flexibility index (Phi) is 12.0. The van der Waals surface area contributed by atoms with Crippen molar-refractivity contribution < 1.29 is 4.42 Å². The molecule has 0 aliphatic carbocycles. The van der Waals surface area contributed by atoms with E-state index < -0.39 is 19.8 Å². The summed E-state index contributed by atoms with van der Waals surface area (Å²) in [4.78, 5) is 0. The van der Waals surface area contributed by atoms with Gasteiger partial charge in [-0.2, -0.15) is 0 Å². The summed E-state index contributed by atoms with van der Waals surface area (Å²) >= 11 is 4.65. The van der Waals surface area contributed by atoms with E-state index in [1.807, 2.05) is 24.3 Å². The van der Waals surface area contributed by atoms with Crippen molar-refractivity contribution in [2.24, 2.45) is 0 Å². The van der Waals surface area contributed by atoms with Gasteiger partial charge in [0.25, 0.3) is 0 Å². The number of furan rings is 1. The molecule has 0 aliphatic rings. The zero-order valence-corrected chi connectivity index (χ0v) is 19.2. The van der Waals surface area contributed by atoms with E-state index >= 15 is 0 Å². The molecule has 0 unspecified atom stereocenters. The number of hydrogen-bond acceptors (Lipinski definition) is 1. The Balaban J connectivity index is 0.000000235. The smallest absolute Gasteiger partial charge is 0.194 e. The van der Waals surface area contributed by atoms with E-state index in [2.05, 4.69) is 20.8 Å². The maximum atomic E-state index is 5.62. The van der Waals surface area contributed by atoms with Crippen LogP contribution in [0.3, 0.4) is 0 Å². The minimum absolute atomic E-state index is 0.446. The molecule has 0 bridgehead atoms. The third kappa shape index (κ3) is 9.05. The Labute approximate surface area is 154 Å². The van der Waals surface area contributed by atoms with Gasteiger partial charge in [-0.25, -0.2) is 0 Å². The summed E-state index contributed by atoms with van der Waals surface area (Å²) in [6.45, 7) is 7.01. The molecule has 0 amide bonds. The summed E-state index contributed by atoms with van der Waals surface area (Å²) in [5, 5.41) is 1.49. The van der Waals surface area contributed by atoms with Gasteiger partial charge in [-0.15, -0.1) is 0 Å². The molecule has 1 nitrogen and oxygen atoms in total. The predicted molar refractivity (Wildman–Crippen MR) is 108 cm³/mol. The Morgan fingerprint density at radius 1 is 0.870 bits per heavy atom. The van der Waals surface area contributed by atoms with E-state index in [1.165, 1.54) is 38.5 Å². The summed E-state index contributed by atoms with van der Waals surface area (Å²) in [7, 11) is 0. The monoisotopic (exact) mass is 444 g/mol. The molecule has 130 valence electrons. The number of rotatable bonds is 9. The molecule has 1 aromatic heterocycles. The molecule has 2 rings (SSSR count). The fourth-order valence-electron chi connectivity index (χ4n) is 2.86. The van der Waals surface area contributed by atoms with Gasteiger partial charge in [0.1, 0.15) is 5.58 Å². The van der Waals surface area contributed by atoms with Crippen molar-refractivity contribution in [1.82, 2.24) is 0 Å². The summed E-state index contributed by atoms with van der Waals surface area (Å²) in [6, 6.07) is 9.53. The zero-order chi connectivity index (χ0) is 16.9. The molecule has 2 aromatic rings. The molecular weight excluding hydrogens is 410 g/mol. The second kappa shape index (κ2) is 13.2. The first-order valence-corrected chi connectivity index (χ1v) is 16.7. The average Bonchev–Trinajstić information content (AvgIpc) is 2.95. The number of hydrogen-bond donors (Lipinski definition) is 0. The van der Waals surface area contributed by atoms with Crippen molar-refractivity contribution in [2.45, 2.75) is 72.6 Å². The molecule has 0 saturated carbocycles. The zero-order valence-electron chi connectivity index (χ0n) is 15.1. The largest absolute Gasteiger partial charge is 0.445 e. The number of fused-ring (bicyclic) bond motifs is 1. The quantitative estimate of drug-likeness (QED) is 0.362. The van der Waals surface area contributed by atoms with Crippen molar-refractivity contribution in [2.75, 3.05) is 0 Å². The summed E-state index contributed by atoms with van der Waals surface area (Å²) in [5.74, 6) is 0. The molecule has 1 aromatic carbocycles. The molecule has 0 spiro atoms. The van der Waals surface area contributed by atoms with Gasteiger partial charge in [0.15, 0.2) is 5.22 Å². The van der Waals surface area contributed by atoms with Crippen molar-refractivity contribution in [1.29, 1.82) is 0 Å². The van der Waals surface area contributed by atoms with Crippen LogP contribution in [0.25, 0.3) is 11.0 Å². The van der Waals surface area contributed by atoms with Crippen LogP contribution in [0.2, 0.25) is 18.5 Å². The fourth-order valence-corrected chi connectivity index (χ4v) is 14.0. The van der Waals surface area contributed by atoms with Crippen LogP contribution in [-0.2, 0) is 0 Å². The van der Waals surface area contributed by atoms with Crippen LogP contribution in [0.4, 0.5) is 0 Å². The first kappa shape index (κ1) is 20.9. The number of para-hydroxylation sites is 1. The van der Waals surface area contributed by atoms with E-state index in [1.54, 1.807) is 19.4 Å². The average molecular weight is 444 g/mol. The van der Waals surface area contributed by atoms with Gasteiger partial charge < -0.3 is 4.42 Å². The van der Waals surface area contributed by atoms with Crippen molar-refractivity contribution in [3.05, 3.63) is 35.6 Å². The summed E-state index contributed by atoms with van der Waals surface area (Å²) < 4.78 is 10.2. The number of benzene rings is 1. The van der Waals surface area contributed by atoms with Crippen molar-refractivity contribution in [3.8, 4) is 0 Å². The maximum absolute atomic E-state index is 5.62. The van der Waals surface area contributed by atoms with E-state index in [9.17, 15) is 0 Å². The molecule has 23 heavy (non-hydrogen) atoms. The Morgan fingerprint density at radius 3 is 1.87 bits per heavy atom. The minimum Gasteiger partial charge on any atom is -0.445 e. The minimum atomic E-state index is -0.967. The molecule has 3 heteroatoms. The molecule has 1 heterocycles. The second-order valence-corrected chi connectivity index (χ2v) is 16.6. The van der Waals surface area contributed by atoms with Gasteiger partial charge in [-0.05, 0) is 17.7 Å². The van der Waals surface area contributed by atoms with E-state index in [0.29, 0.717) is 5.22 Å². The normalized spacial score (nSPS) is 10.8. The van der Waals surface area contributed by atoms with Crippen molar-refractivity contribution >= 4 is 42.3 Å². The molecule has 0 N–H and O–H groups in total. The summed E-state index contributed by atoms with van der Waals surface area (Å²) in [5.41, 5.74) is 0.840. The summed E-state index contributed by atoms with van der Waals surface area (Å²) in [6.07, 6.45) is 8.87. The standard InChI is InChI=1S/C8H5ClO.3C4H9.Sn.H/c9-8-5-6-3-1-2-4-7(6)10-8;3*1-3-4-2;;/h1-5H;3*1,3-4H2,2H3;;.